The molecular weight excluding hydrogens is 839 g/mol. The summed E-state index contributed by atoms with van der Waals surface area (Å²) in [6, 6.07) is 5.40. The van der Waals surface area contributed by atoms with Crippen molar-refractivity contribution < 1.29 is 48.3 Å². The van der Waals surface area contributed by atoms with Crippen LogP contribution in [0, 0.1) is 0 Å². The van der Waals surface area contributed by atoms with Crippen LogP contribution in [-0.4, -0.2) is 126 Å². The van der Waals surface area contributed by atoms with Gasteiger partial charge in [-0.05, 0) is 58.6 Å². The van der Waals surface area contributed by atoms with E-state index in [-0.39, 0.29) is 86.1 Å². The molecule has 1 aliphatic rings. The Morgan fingerprint density at radius 2 is 1.24 bits per heavy atom. The van der Waals surface area contributed by atoms with E-state index in [2.05, 4.69) is 54.8 Å². The van der Waals surface area contributed by atoms with Crippen molar-refractivity contribution in [3.63, 3.8) is 0 Å². The molecule has 0 radical (unpaired) electrons. The van der Waals surface area contributed by atoms with Crippen LogP contribution in [0.3, 0.4) is 0 Å². The van der Waals surface area contributed by atoms with Crippen molar-refractivity contribution in [2.45, 2.75) is 89.0 Å². The maximum atomic E-state index is 13.5. The van der Waals surface area contributed by atoms with Crippen LogP contribution < -0.4 is 54.4 Å². The number of unbranched alkanes of at least 4 members (excludes halogenated alkanes) is 1. The fraction of sp³-hybridized carbons (Fsp3) is 0.463. The molecular formula is C41H57N11O10S. The van der Waals surface area contributed by atoms with Crippen LogP contribution in [0.25, 0.3) is 0 Å². The number of nitrogens with two attached hydrogens (primary N) is 3. The number of ketones is 2. The molecule has 63 heavy (non-hydrogen) atoms. The van der Waals surface area contributed by atoms with Crippen molar-refractivity contribution in [1.29, 1.82) is 0 Å². The third-order valence-electron chi connectivity index (χ3n) is 9.77. The Hall–Kier alpha value is -6.55. The number of guanidine groups is 1. The second kappa shape index (κ2) is 25.4. The number of nitrogens with zero attached hydrogens (tertiary/aromatic N) is 1. The molecule has 3 rings (SSSR count). The molecule has 0 aromatic heterocycles. The van der Waals surface area contributed by atoms with Gasteiger partial charge in [-0.25, -0.2) is 0 Å². The van der Waals surface area contributed by atoms with Crippen molar-refractivity contribution in [2.24, 2.45) is 22.2 Å². The number of amides is 6. The molecule has 21 nitrogen and oxygen atoms in total. The van der Waals surface area contributed by atoms with Gasteiger partial charge >= 0.3 is 5.97 Å². The van der Waals surface area contributed by atoms with Crippen LogP contribution in [0.1, 0.15) is 90.6 Å². The van der Waals surface area contributed by atoms with Crippen LogP contribution in [-0.2, 0) is 33.6 Å². The van der Waals surface area contributed by atoms with Gasteiger partial charge in [0.05, 0.1) is 5.56 Å². The predicted octanol–water partition coefficient (Wildman–Crippen LogP) is -1.57. The first kappa shape index (κ1) is 50.8. The summed E-state index contributed by atoms with van der Waals surface area (Å²) in [4.78, 5) is 120. The van der Waals surface area contributed by atoms with E-state index in [4.69, 9.17) is 17.2 Å². The smallest absolute Gasteiger partial charge is 0.325 e. The second-order valence-electron chi connectivity index (χ2n) is 14.7. The van der Waals surface area contributed by atoms with Crippen molar-refractivity contribution in [3.8, 4) is 0 Å². The largest absolute Gasteiger partial charge is 0.480 e. The third kappa shape index (κ3) is 15.7. The van der Waals surface area contributed by atoms with E-state index in [1.807, 2.05) is 0 Å². The molecule has 14 N–H and O–H groups in total. The first-order chi connectivity index (χ1) is 30.0. The standard InChI is InChI=1S/C41H57N11O10S/c1-22(48-32(54)16-15-31(53)46-20-19-45-27-13-7-11-26-33(27)35(56)25-10-4-3-9-24(25)34(26)55)36(57)50-29(14-8-18-47-41(43)44)38(59)52-30(21-63)39(60)51-28(12-5-6-17-42)37(58)49-23(2)40(61)62/h3-4,7,9-11,13,22-23,28-30,45,63H,5-6,8,12,14-21,42H2,1-2H3,(H,46,53)(H,48,54)(H,49,58)(H,50,57)(H,51,60)(H,52,59)(H,61,62)(H4,43,44,47)/t22-,23-,28-,29-,30-/m0/s1. The summed E-state index contributed by atoms with van der Waals surface area (Å²) in [6.45, 7) is 3.39. The fourth-order valence-corrected chi connectivity index (χ4v) is 6.59. The van der Waals surface area contributed by atoms with Crippen molar-refractivity contribution >= 4 is 77.3 Å². The average molecular weight is 896 g/mol. The number of thiol groups is 1. The van der Waals surface area contributed by atoms with Crippen molar-refractivity contribution in [2.75, 3.05) is 37.2 Å². The molecule has 342 valence electrons. The Kier molecular flexibility index (Phi) is 20.5. The zero-order chi connectivity index (χ0) is 46.6. The lowest BCUT2D eigenvalue weighted by Crippen LogP contribution is -2.59. The summed E-state index contributed by atoms with van der Waals surface area (Å²) < 4.78 is 0. The van der Waals surface area contributed by atoms with Gasteiger partial charge in [-0.2, -0.15) is 12.6 Å². The lowest BCUT2D eigenvalue weighted by atomic mass is 9.83. The normalized spacial score (nSPS) is 13.9. The Morgan fingerprint density at radius 1 is 0.667 bits per heavy atom. The zero-order valence-electron chi connectivity index (χ0n) is 35.2. The number of carbonyl (C=O) groups is 9. The molecule has 6 amide bonds. The van der Waals surface area contributed by atoms with Crippen molar-refractivity contribution in [1.82, 2.24) is 31.9 Å². The highest BCUT2D eigenvalue weighted by Gasteiger charge is 2.32. The van der Waals surface area contributed by atoms with E-state index < -0.39 is 71.6 Å². The van der Waals surface area contributed by atoms with E-state index in [1.165, 1.54) is 13.8 Å². The SMILES string of the molecule is C[C@H](NC(=O)[C@H](CCCCN)NC(=O)[C@H](CS)NC(=O)[C@H](CCCN=C(N)N)NC(=O)[C@H](C)NC(=O)CCC(=O)NCCNc1cccc2c1C(=O)c1ccccc1C2=O)C(=O)O. The number of carboxylic acid groups (broad SMARTS) is 1. The molecule has 0 spiro atoms. The minimum Gasteiger partial charge on any atom is -0.480 e. The lowest BCUT2D eigenvalue weighted by molar-refractivity contribution is -0.141. The maximum Gasteiger partial charge on any atom is 0.325 e. The highest BCUT2D eigenvalue weighted by Crippen LogP contribution is 2.31. The third-order valence-corrected chi connectivity index (χ3v) is 10.1. The van der Waals surface area contributed by atoms with Gasteiger partial charge in [-0.15, -0.1) is 0 Å². The number of carbonyl (C=O) groups excluding carboxylic acids is 8. The maximum absolute atomic E-state index is 13.5. The van der Waals surface area contributed by atoms with Crippen LogP contribution in [0.4, 0.5) is 5.69 Å². The summed E-state index contributed by atoms with van der Waals surface area (Å²) in [5.74, 6) is -6.43. The number of anilines is 1. The summed E-state index contributed by atoms with van der Waals surface area (Å²) in [5.41, 5.74) is 18.0. The van der Waals surface area contributed by atoms with Gasteiger partial charge < -0.3 is 59.5 Å². The molecule has 0 unspecified atom stereocenters. The number of rotatable bonds is 26. The van der Waals surface area contributed by atoms with Gasteiger partial charge in [-0.3, -0.25) is 48.1 Å². The molecule has 0 aliphatic heterocycles. The topological polar surface area (TPSA) is 348 Å². The summed E-state index contributed by atoms with van der Waals surface area (Å²) in [5, 5.41) is 27.4. The van der Waals surface area contributed by atoms with Gasteiger partial charge in [0.15, 0.2) is 17.5 Å². The molecule has 0 fully saturated rings. The minimum absolute atomic E-state index is 0.00269. The van der Waals surface area contributed by atoms with E-state index in [1.54, 1.807) is 42.5 Å². The number of nitrogens with one attached hydrogen (secondary N) is 7. The van der Waals surface area contributed by atoms with Gasteiger partial charge in [0, 0.05) is 60.6 Å². The first-order valence-electron chi connectivity index (χ1n) is 20.4. The highest BCUT2D eigenvalue weighted by molar-refractivity contribution is 7.80. The first-order valence-corrected chi connectivity index (χ1v) is 21.0. The van der Waals surface area contributed by atoms with Crippen LogP contribution in [0.5, 0.6) is 0 Å². The van der Waals surface area contributed by atoms with E-state index in [9.17, 15) is 48.3 Å². The zero-order valence-corrected chi connectivity index (χ0v) is 36.1. The van der Waals surface area contributed by atoms with E-state index >= 15 is 0 Å². The van der Waals surface area contributed by atoms with Gasteiger partial charge in [0.1, 0.15) is 30.2 Å². The van der Waals surface area contributed by atoms with Crippen LogP contribution in [0.15, 0.2) is 47.5 Å². The van der Waals surface area contributed by atoms with Crippen LogP contribution >= 0.6 is 12.6 Å². The molecule has 22 heteroatoms. The molecule has 0 bridgehead atoms. The molecule has 5 atom stereocenters. The Bertz CT molecular complexity index is 2040. The summed E-state index contributed by atoms with van der Waals surface area (Å²) in [6.07, 6.45) is 0.802. The fourth-order valence-electron chi connectivity index (χ4n) is 6.33. The molecule has 2 aromatic rings. The highest BCUT2D eigenvalue weighted by atomic mass is 32.1. The van der Waals surface area contributed by atoms with Gasteiger partial charge in [0.25, 0.3) is 0 Å². The quantitative estimate of drug-likeness (QED) is 0.0188. The summed E-state index contributed by atoms with van der Waals surface area (Å²) >= 11 is 4.19. The number of benzene rings is 2. The predicted molar refractivity (Wildman–Crippen MR) is 236 cm³/mol. The number of carboxylic acids is 1. The number of aliphatic carboxylic acids is 1. The van der Waals surface area contributed by atoms with Crippen molar-refractivity contribution in [3.05, 3.63) is 64.7 Å². The molecule has 0 saturated heterocycles. The summed E-state index contributed by atoms with van der Waals surface area (Å²) in [7, 11) is 0. The second-order valence-corrected chi connectivity index (χ2v) is 15.0. The number of hydrogen-bond donors (Lipinski definition) is 12. The monoisotopic (exact) mass is 895 g/mol. The van der Waals surface area contributed by atoms with Gasteiger partial charge in [-0.1, -0.05) is 36.4 Å². The number of hydrogen-bond acceptors (Lipinski definition) is 13. The van der Waals surface area contributed by atoms with Gasteiger partial charge in [0.2, 0.25) is 35.4 Å². The average Bonchev–Trinajstić information content (AvgIpc) is 3.25. The van der Waals surface area contributed by atoms with E-state index in [0.717, 1.165) is 0 Å². The van der Waals surface area contributed by atoms with Crippen LogP contribution in [0.2, 0.25) is 0 Å². The Morgan fingerprint density at radius 3 is 1.87 bits per heavy atom. The lowest BCUT2D eigenvalue weighted by Gasteiger charge is -2.25. The molecule has 0 saturated carbocycles. The molecule has 2 aromatic carbocycles. The number of fused-ring (bicyclic) bond motifs is 2. The Balaban J connectivity index is 1.53. The van der Waals surface area contributed by atoms with E-state index in [0.29, 0.717) is 36.2 Å². The molecule has 1 aliphatic carbocycles. The Labute approximate surface area is 369 Å². The minimum atomic E-state index is -1.30. The molecule has 0 heterocycles. The number of aliphatic imine (C=N–C) groups is 1.